The van der Waals surface area contributed by atoms with Gasteiger partial charge >= 0.3 is 5.97 Å². The van der Waals surface area contributed by atoms with Crippen LogP contribution in [0.15, 0.2) is 11.8 Å². The van der Waals surface area contributed by atoms with E-state index in [2.05, 4.69) is 0 Å². The molecule has 0 aromatic carbocycles. The lowest BCUT2D eigenvalue weighted by atomic mass is 10.1. The molecular weight excluding hydrogens is 198 g/mol. The highest BCUT2D eigenvalue weighted by Crippen LogP contribution is 2.16. The second kappa shape index (κ2) is 4.93. The first-order valence-corrected chi connectivity index (χ1v) is 4.79. The molecule has 84 valence electrons. The maximum atomic E-state index is 11.7. The van der Waals surface area contributed by atoms with Gasteiger partial charge in [0.1, 0.15) is 11.7 Å². The molecule has 0 spiro atoms. The Morgan fingerprint density at radius 1 is 1.47 bits per heavy atom. The van der Waals surface area contributed by atoms with E-state index in [4.69, 9.17) is 9.84 Å². The lowest BCUT2D eigenvalue weighted by Gasteiger charge is -2.11. The van der Waals surface area contributed by atoms with Crippen molar-refractivity contribution in [2.75, 3.05) is 20.7 Å². The first-order chi connectivity index (χ1) is 7.02. The average molecular weight is 213 g/mol. The summed E-state index contributed by atoms with van der Waals surface area (Å²) in [6, 6.07) is 0. The number of hydrogen-bond donors (Lipinski definition) is 1. The number of carboxylic acid groups (broad SMARTS) is 1. The van der Waals surface area contributed by atoms with E-state index in [-0.39, 0.29) is 5.57 Å². The Balaban J connectivity index is 2.80. The molecule has 1 N–H and O–H groups in total. The van der Waals surface area contributed by atoms with Gasteiger partial charge in [-0.2, -0.15) is 0 Å². The predicted octanol–water partition coefficient (Wildman–Crippen LogP) is 0.265. The van der Waals surface area contributed by atoms with Gasteiger partial charge in [0.2, 0.25) is 0 Å². The summed E-state index contributed by atoms with van der Waals surface area (Å²) in [7, 11) is 3.34. The van der Waals surface area contributed by atoms with E-state index in [0.717, 1.165) is 6.42 Å². The molecule has 0 amide bonds. The minimum atomic E-state index is -1.20. The molecule has 0 radical (unpaired) electrons. The van der Waals surface area contributed by atoms with Gasteiger partial charge in [0.25, 0.3) is 0 Å². The van der Waals surface area contributed by atoms with Gasteiger partial charge in [0, 0.05) is 26.9 Å². The Bertz CT molecular complexity index is 290. The van der Waals surface area contributed by atoms with Crippen LogP contribution in [0.25, 0.3) is 0 Å². The third kappa shape index (κ3) is 3.06. The number of ether oxygens (including phenoxy) is 1. The van der Waals surface area contributed by atoms with E-state index in [1.165, 1.54) is 11.1 Å². The summed E-state index contributed by atoms with van der Waals surface area (Å²) in [6.07, 6.45) is 2.15. The Morgan fingerprint density at radius 2 is 2.13 bits per heavy atom. The average Bonchev–Trinajstić information content (AvgIpc) is 2.65. The van der Waals surface area contributed by atoms with Crippen LogP contribution in [0, 0.1) is 0 Å². The molecule has 1 atom stereocenters. The van der Waals surface area contributed by atoms with Crippen LogP contribution >= 0.6 is 0 Å². The molecule has 0 aliphatic carbocycles. The van der Waals surface area contributed by atoms with Crippen molar-refractivity contribution >= 4 is 11.8 Å². The minimum Gasteiger partial charge on any atom is -0.478 e. The lowest BCUT2D eigenvalue weighted by molar-refractivity contribution is -0.136. The van der Waals surface area contributed by atoms with Crippen LogP contribution in [-0.2, 0) is 14.3 Å². The summed E-state index contributed by atoms with van der Waals surface area (Å²) in [5.74, 6) is -1.64. The zero-order valence-electron chi connectivity index (χ0n) is 8.90. The molecule has 15 heavy (non-hydrogen) atoms. The summed E-state index contributed by atoms with van der Waals surface area (Å²) in [6.45, 7) is 0.533. The van der Waals surface area contributed by atoms with E-state index >= 15 is 0 Å². The fraction of sp³-hybridized carbons (Fsp3) is 0.600. The molecule has 1 rings (SSSR count). The van der Waals surface area contributed by atoms with Crippen molar-refractivity contribution in [3.8, 4) is 0 Å². The molecule has 5 nitrogen and oxygen atoms in total. The van der Waals surface area contributed by atoms with Crippen LogP contribution in [0.3, 0.4) is 0 Å². The smallest absolute Gasteiger partial charge is 0.340 e. The summed E-state index contributed by atoms with van der Waals surface area (Å²) in [5.41, 5.74) is -0.216. The van der Waals surface area contributed by atoms with E-state index in [1.54, 1.807) is 14.1 Å². The molecule has 0 saturated carbocycles. The summed E-state index contributed by atoms with van der Waals surface area (Å²) in [5, 5.41) is 8.88. The van der Waals surface area contributed by atoms with Gasteiger partial charge in [-0.3, -0.25) is 4.79 Å². The van der Waals surface area contributed by atoms with Gasteiger partial charge < -0.3 is 14.7 Å². The predicted molar refractivity (Wildman–Crippen MR) is 53.4 cm³/mol. The van der Waals surface area contributed by atoms with Gasteiger partial charge in [0.05, 0.1) is 0 Å². The lowest BCUT2D eigenvalue weighted by Crippen LogP contribution is -2.26. The fourth-order valence-corrected chi connectivity index (χ4v) is 1.44. The second-order valence-electron chi connectivity index (χ2n) is 3.68. The highest BCUT2D eigenvalue weighted by molar-refractivity contribution is 6.18. The summed E-state index contributed by atoms with van der Waals surface area (Å²) >= 11 is 0. The van der Waals surface area contributed by atoms with Crippen molar-refractivity contribution < 1.29 is 19.4 Å². The number of carboxylic acids is 1. The molecule has 0 aromatic rings. The maximum Gasteiger partial charge on any atom is 0.340 e. The topological polar surface area (TPSA) is 66.8 Å². The van der Waals surface area contributed by atoms with Crippen LogP contribution in [0.1, 0.15) is 12.8 Å². The van der Waals surface area contributed by atoms with E-state index in [0.29, 0.717) is 13.0 Å². The molecule has 1 heterocycles. The maximum absolute atomic E-state index is 11.7. The number of aliphatic carboxylic acids is 1. The van der Waals surface area contributed by atoms with E-state index in [9.17, 15) is 9.59 Å². The number of carbonyl (C=O) groups is 2. The number of rotatable bonds is 4. The second-order valence-corrected chi connectivity index (χ2v) is 3.68. The Hall–Kier alpha value is -1.36. The molecule has 1 unspecified atom stereocenters. The van der Waals surface area contributed by atoms with Crippen LogP contribution in [0.5, 0.6) is 0 Å². The summed E-state index contributed by atoms with van der Waals surface area (Å²) in [4.78, 5) is 24.1. The number of hydrogen-bond acceptors (Lipinski definition) is 4. The standard InChI is InChI=1S/C10H15NO4/c1-11(2)6-7(10(13)14)9(12)8-4-3-5-15-8/h6,8H,3-5H2,1-2H3,(H,13,14)/b7-6-. The van der Waals surface area contributed by atoms with Gasteiger partial charge in [-0.05, 0) is 12.8 Å². The Labute approximate surface area is 88.3 Å². The monoisotopic (exact) mass is 213 g/mol. The van der Waals surface area contributed by atoms with Crippen LogP contribution in [-0.4, -0.2) is 48.6 Å². The molecule has 1 saturated heterocycles. The van der Waals surface area contributed by atoms with Crippen LogP contribution in [0.4, 0.5) is 0 Å². The van der Waals surface area contributed by atoms with Gasteiger partial charge in [-0.15, -0.1) is 0 Å². The Kier molecular flexibility index (Phi) is 3.85. The molecule has 1 fully saturated rings. The van der Waals surface area contributed by atoms with Crippen LogP contribution in [0.2, 0.25) is 0 Å². The highest BCUT2D eigenvalue weighted by atomic mass is 16.5. The van der Waals surface area contributed by atoms with Crippen molar-refractivity contribution in [1.82, 2.24) is 4.90 Å². The van der Waals surface area contributed by atoms with Gasteiger partial charge in [-0.25, -0.2) is 4.79 Å². The Morgan fingerprint density at radius 3 is 2.53 bits per heavy atom. The third-order valence-corrected chi connectivity index (χ3v) is 2.11. The molecule has 0 aromatic heterocycles. The van der Waals surface area contributed by atoms with Crippen molar-refractivity contribution in [2.45, 2.75) is 18.9 Å². The fourth-order valence-electron chi connectivity index (χ4n) is 1.44. The van der Waals surface area contributed by atoms with Crippen molar-refractivity contribution in [1.29, 1.82) is 0 Å². The minimum absolute atomic E-state index is 0.216. The van der Waals surface area contributed by atoms with Crippen molar-refractivity contribution in [3.05, 3.63) is 11.8 Å². The number of Topliss-reactive ketones (excluding diaryl/α,β-unsaturated/α-hetero) is 1. The molecule has 0 bridgehead atoms. The first-order valence-electron chi connectivity index (χ1n) is 4.79. The quantitative estimate of drug-likeness (QED) is 0.412. The van der Waals surface area contributed by atoms with Crippen molar-refractivity contribution in [3.63, 3.8) is 0 Å². The molecule has 1 aliphatic heterocycles. The molecule has 1 aliphatic rings. The van der Waals surface area contributed by atoms with Crippen LogP contribution < -0.4 is 0 Å². The number of nitrogens with zero attached hydrogens (tertiary/aromatic N) is 1. The third-order valence-electron chi connectivity index (χ3n) is 2.11. The zero-order chi connectivity index (χ0) is 11.4. The first kappa shape index (κ1) is 11.7. The molecule has 5 heteroatoms. The normalized spacial score (nSPS) is 21.5. The molecular formula is C10H15NO4. The highest BCUT2D eigenvalue weighted by Gasteiger charge is 2.29. The van der Waals surface area contributed by atoms with Gasteiger partial charge in [-0.1, -0.05) is 0 Å². The van der Waals surface area contributed by atoms with E-state index in [1.807, 2.05) is 0 Å². The number of ketones is 1. The van der Waals surface area contributed by atoms with E-state index < -0.39 is 17.9 Å². The largest absolute Gasteiger partial charge is 0.478 e. The zero-order valence-corrected chi connectivity index (χ0v) is 8.90. The SMILES string of the molecule is CN(C)/C=C(\C(=O)O)C(=O)C1CCCO1. The van der Waals surface area contributed by atoms with Gasteiger partial charge in [0.15, 0.2) is 5.78 Å². The van der Waals surface area contributed by atoms with Crippen molar-refractivity contribution in [2.24, 2.45) is 0 Å². The number of carbonyl (C=O) groups excluding carboxylic acids is 1. The summed E-state index contributed by atoms with van der Waals surface area (Å²) < 4.78 is 5.16.